The van der Waals surface area contributed by atoms with Gasteiger partial charge >= 0.3 is 0 Å². The van der Waals surface area contributed by atoms with Crippen molar-refractivity contribution in [2.24, 2.45) is 5.73 Å². The number of amides is 2. The first-order chi connectivity index (χ1) is 12.6. The Morgan fingerprint density at radius 2 is 1.70 bits per heavy atom. The van der Waals surface area contributed by atoms with Crippen LogP contribution in [0.5, 0.6) is 5.75 Å². The molecule has 2 aromatic rings. The Balaban J connectivity index is 2.06. The number of nitrogens with two attached hydrogens (primary N) is 1. The summed E-state index contributed by atoms with van der Waals surface area (Å²) in [5.74, 6) is -0.711. The smallest absolute Gasteiger partial charge is 0.265 e. The van der Waals surface area contributed by atoms with Crippen molar-refractivity contribution in [3.05, 3.63) is 54.1 Å². The number of rotatable bonds is 7. The lowest BCUT2D eigenvalue weighted by molar-refractivity contribution is -0.122. The number of hydrogen-bond donors (Lipinski definition) is 2. The topological polar surface area (TPSA) is 119 Å². The highest BCUT2D eigenvalue weighted by Crippen LogP contribution is 2.21. The number of primary amides is 1. The molecule has 0 saturated heterocycles. The summed E-state index contributed by atoms with van der Waals surface area (Å²) in [4.78, 5) is 23.7. The maximum atomic E-state index is 12.3. The molecule has 8 nitrogen and oxygen atoms in total. The Kier molecular flexibility index (Phi) is 6.06. The summed E-state index contributed by atoms with van der Waals surface area (Å²) in [6.45, 7) is 1.55. The zero-order valence-electron chi connectivity index (χ0n) is 15.2. The fourth-order valence-electron chi connectivity index (χ4n) is 2.23. The van der Waals surface area contributed by atoms with Gasteiger partial charge in [-0.25, -0.2) is 8.42 Å². The molecule has 0 aliphatic carbocycles. The van der Waals surface area contributed by atoms with Crippen molar-refractivity contribution >= 4 is 33.2 Å². The van der Waals surface area contributed by atoms with Crippen LogP contribution in [0.3, 0.4) is 0 Å². The molecule has 0 radical (unpaired) electrons. The highest BCUT2D eigenvalue weighted by molar-refractivity contribution is 7.92. The quantitative estimate of drug-likeness (QED) is 0.743. The third kappa shape index (κ3) is 5.20. The SMILES string of the molecule is C[C@H](Oc1ccc(N(C)S(C)(=O)=O)cc1)C(=O)Nc1ccccc1C(N)=O. The zero-order chi connectivity index (χ0) is 20.2. The van der Waals surface area contributed by atoms with Gasteiger partial charge in [0.05, 0.1) is 23.2 Å². The number of hydrogen-bond acceptors (Lipinski definition) is 5. The fourth-order valence-corrected chi connectivity index (χ4v) is 2.73. The molecule has 0 aromatic heterocycles. The summed E-state index contributed by atoms with van der Waals surface area (Å²) >= 11 is 0. The van der Waals surface area contributed by atoms with Gasteiger partial charge in [-0.2, -0.15) is 0 Å². The molecule has 1 atom stereocenters. The van der Waals surface area contributed by atoms with E-state index >= 15 is 0 Å². The number of para-hydroxylation sites is 1. The molecule has 2 aromatic carbocycles. The number of nitrogens with one attached hydrogen (secondary N) is 1. The van der Waals surface area contributed by atoms with Crippen LogP contribution in [0.25, 0.3) is 0 Å². The summed E-state index contributed by atoms with van der Waals surface area (Å²) in [5, 5.41) is 2.61. The highest BCUT2D eigenvalue weighted by atomic mass is 32.2. The molecule has 27 heavy (non-hydrogen) atoms. The van der Waals surface area contributed by atoms with Crippen LogP contribution in [0.2, 0.25) is 0 Å². The predicted molar refractivity (Wildman–Crippen MR) is 103 cm³/mol. The minimum atomic E-state index is -3.36. The van der Waals surface area contributed by atoms with E-state index in [-0.39, 0.29) is 5.56 Å². The van der Waals surface area contributed by atoms with Crippen LogP contribution >= 0.6 is 0 Å². The fraction of sp³-hybridized carbons (Fsp3) is 0.222. The average molecular weight is 391 g/mol. The van der Waals surface area contributed by atoms with E-state index in [1.807, 2.05) is 0 Å². The Hall–Kier alpha value is -3.07. The number of carbonyl (C=O) groups is 2. The van der Waals surface area contributed by atoms with Crippen molar-refractivity contribution in [2.75, 3.05) is 22.9 Å². The Morgan fingerprint density at radius 1 is 1.11 bits per heavy atom. The van der Waals surface area contributed by atoms with E-state index in [0.717, 1.165) is 10.6 Å². The summed E-state index contributed by atoms with van der Waals surface area (Å²) in [6, 6.07) is 12.7. The van der Waals surface area contributed by atoms with E-state index in [2.05, 4.69) is 5.32 Å². The van der Waals surface area contributed by atoms with E-state index < -0.39 is 27.9 Å². The van der Waals surface area contributed by atoms with E-state index in [4.69, 9.17) is 10.5 Å². The number of anilines is 2. The standard InChI is InChI=1S/C18H21N3O5S/c1-12(18(23)20-16-7-5-4-6-15(16)17(19)22)26-14-10-8-13(9-11-14)21(2)27(3,24)25/h4-12H,1-3H3,(H2,19,22)(H,20,23)/t12-/m0/s1. The van der Waals surface area contributed by atoms with Crippen molar-refractivity contribution in [1.29, 1.82) is 0 Å². The van der Waals surface area contributed by atoms with E-state index in [0.29, 0.717) is 17.1 Å². The van der Waals surface area contributed by atoms with Crippen molar-refractivity contribution < 1.29 is 22.7 Å². The molecule has 2 amide bonds. The van der Waals surface area contributed by atoms with Crippen molar-refractivity contribution in [2.45, 2.75) is 13.0 Å². The summed E-state index contributed by atoms with van der Waals surface area (Å²) in [6.07, 6.45) is 0.248. The van der Waals surface area contributed by atoms with Gasteiger partial charge in [0.15, 0.2) is 6.10 Å². The lowest BCUT2D eigenvalue weighted by Gasteiger charge is -2.18. The number of carbonyl (C=O) groups excluding carboxylic acids is 2. The maximum Gasteiger partial charge on any atom is 0.265 e. The van der Waals surface area contributed by atoms with Gasteiger partial charge in [0.25, 0.3) is 11.8 Å². The third-order valence-electron chi connectivity index (χ3n) is 3.83. The van der Waals surface area contributed by atoms with E-state index in [1.165, 1.54) is 13.1 Å². The van der Waals surface area contributed by atoms with Gasteiger partial charge in [0, 0.05) is 7.05 Å². The van der Waals surface area contributed by atoms with Crippen LogP contribution in [0.1, 0.15) is 17.3 Å². The molecule has 0 aliphatic heterocycles. The van der Waals surface area contributed by atoms with Gasteiger partial charge in [-0.05, 0) is 43.3 Å². The molecule has 3 N–H and O–H groups in total. The molecule has 0 unspecified atom stereocenters. The molecule has 0 heterocycles. The Labute approximate surface area is 158 Å². The van der Waals surface area contributed by atoms with Crippen LogP contribution in [-0.2, 0) is 14.8 Å². The average Bonchev–Trinajstić information content (AvgIpc) is 2.61. The van der Waals surface area contributed by atoms with Crippen LogP contribution in [-0.4, -0.2) is 39.6 Å². The van der Waals surface area contributed by atoms with Gasteiger partial charge < -0.3 is 15.8 Å². The lowest BCUT2D eigenvalue weighted by atomic mass is 10.1. The number of ether oxygens (including phenoxy) is 1. The van der Waals surface area contributed by atoms with Gasteiger partial charge in [0.2, 0.25) is 10.0 Å². The second-order valence-corrected chi connectivity index (χ2v) is 7.90. The maximum absolute atomic E-state index is 12.3. The first-order valence-electron chi connectivity index (χ1n) is 8.00. The molecular weight excluding hydrogens is 370 g/mol. The molecule has 9 heteroatoms. The largest absolute Gasteiger partial charge is 0.481 e. The second-order valence-electron chi connectivity index (χ2n) is 5.88. The number of benzene rings is 2. The first kappa shape index (κ1) is 20.2. The van der Waals surface area contributed by atoms with E-state index in [1.54, 1.807) is 49.4 Å². The van der Waals surface area contributed by atoms with Crippen LogP contribution in [0, 0.1) is 0 Å². The normalized spacial score (nSPS) is 12.1. The predicted octanol–water partition coefficient (Wildman–Crippen LogP) is 1.59. The zero-order valence-corrected chi connectivity index (χ0v) is 16.0. The highest BCUT2D eigenvalue weighted by Gasteiger charge is 2.18. The van der Waals surface area contributed by atoms with Crippen LogP contribution in [0.15, 0.2) is 48.5 Å². The molecule has 144 valence electrons. The van der Waals surface area contributed by atoms with Crippen molar-refractivity contribution in [3.8, 4) is 5.75 Å². The minimum Gasteiger partial charge on any atom is -0.481 e. The summed E-state index contributed by atoms with van der Waals surface area (Å²) in [5.41, 5.74) is 6.26. The Bertz CT molecular complexity index is 942. The van der Waals surface area contributed by atoms with Crippen LogP contribution in [0.4, 0.5) is 11.4 Å². The molecule has 2 rings (SSSR count). The number of nitrogens with zero attached hydrogens (tertiary/aromatic N) is 1. The molecule has 0 bridgehead atoms. The third-order valence-corrected chi connectivity index (χ3v) is 5.04. The van der Waals surface area contributed by atoms with Crippen molar-refractivity contribution in [1.82, 2.24) is 0 Å². The summed E-state index contributed by atoms with van der Waals surface area (Å²) in [7, 11) is -1.92. The van der Waals surface area contributed by atoms with Gasteiger partial charge in [-0.1, -0.05) is 12.1 Å². The van der Waals surface area contributed by atoms with Crippen LogP contribution < -0.4 is 20.1 Å². The van der Waals surface area contributed by atoms with Gasteiger partial charge in [0.1, 0.15) is 5.75 Å². The lowest BCUT2D eigenvalue weighted by Crippen LogP contribution is -2.31. The van der Waals surface area contributed by atoms with Gasteiger partial charge in [-0.3, -0.25) is 13.9 Å². The molecule has 0 fully saturated rings. The van der Waals surface area contributed by atoms with Crippen molar-refractivity contribution in [3.63, 3.8) is 0 Å². The van der Waals surface area contributed by atoms with Gasteiger partial charge in [-0.15, -0.1) is 0 Å². The summed E-state index contributed by atoms with van der Waals surface area (Å²) < 4.78 is 29.8. The second kappa shape index (κ2) is 8.09. The number of sulfonamides is 1. The molecule has 0 saturated carbocycles. The monoisotopic (exact) mass is 391 g/mol. The molecular formula is C18H21N3O5S. The molecule has 0 spiro atoms. The minimum absolute atomic E-state index is 0.200. The first-order valence-corrected chi connectivity index (χ1v) is 9.84. The Morgan fingerprint density at radius 3 is 2.26 bits per heavy atom. The molecule has 0 aliphatic rings. The van der Waals surface area contributed by atoms with E-state index in [9.17, 15) is 18.0 Å².